The lowest BCUT2D eigenvalue weighted by molar-refractivity contribution is 0.115. The molecule has 1 aliphatic rings. The Labute approximate surface area is 142 Å². The first-order chi connectivity index (χ1) is 9.68. The van der Waals surface area contributed by atoms with Crippen LogP contribution >= 0.6 is 38.9 Å². The van der Waals surface area contributed by atoms with Gasteiger partial charge in [-0.2, -0.15) is 9.57 Å². The maximum Gasteiger partial charge on any atom is 0.252 e. The Kier molecular flexibility index (Phi) is 5.03. The summed E-state index contributed by atoms with van der Waals surface area (Å²) in [5.41, 5.74) is -0.578. The normalized spacial score (nSPS) is 18.6. The van der Waals surface area contributed by atoms with Crippen LogP contribution in [0.2, 0.25) is 5.02 Å². The predicted molar refractivity (Wildman–Crippen MR) is 87.1 cm³/mol. The molecule has 0 aliphatic carbocycles. The largest absolute Gasteiger partial charge is 0.283 e. The summed E-state index contributed by atoms with van der Waals surface area (Å²) in [4.78, 5) is 2.00. The molecule has 1 aromatic rings. The molecule has 5 nitrogen and oxygen atoms in total. The predicted octanol–water partition coefficient (Wildman–Crippen LogP) is 2.77. The molecule has 0 N–H and O–H groups in total. The fraction of sp³-hybridized carbons (Fsp3) is 0.583. The Balaban J connectivity index is 2.13. The molecule has 0 aromatic carbocycles. The van der Waals surface area contributed by atoms with E-state index >= 15 is 0 Å². The topological polar surface area (TPSA) is 64.4 Å². The zero-order chi connectivity index (χ0) is 15.8. The Morgan fingerprint density at radius 1 is 1.38 bits per heavy atom. The van der Waals surface area contributed by atoms with Gasteiger partial charge in [-0.15, -0.1) is 11.3 Å². The lowest BCUT2D eigenvalue weighted by Gasteiger charge is -2.39. The molecule has 21 heavy (non-hydrogen) atoms. The molecule has 0 amide bonds. The van der Waals surface area contributed by atoms with Crippen LogP contribution in [0.3, 0.4) is 0 Å². The van der Waals surface area contributed by atoms with Crippen molar-refractivity contribution in [3.8, 4) is 6.07 Å². The van der Waals surface area contributed by atoms with E-state index in [1.54, 1.807) is 0 Å². The van der Waals surface area contributed by atoms with Gasteiger partial charge in [-0.3, -0.25) is 4.90 Å². The van der Waals surface area contributed by atoms with E-state index in [1.165, 1.54) is 10.4 Å². The third-order valence-electron chi connectivity index (χ3n) is 3.52. The van der Waals surface area contributed by atoms with E-state index in [-0.39, 0.29) is 4.21 Å². The van der Waals surface area contributed by atoms with Crippen LogP contribution in [0.1, 0.15) is 13.8 Å². The van der Waals surface area contributed by atoms with Crippen molar-refractivity contribution in [2.24, 2.45) is 0 Å². The summed E-state index contributed by atoms with van der Waals surface area (Å²) in [5.74, 6) is 0. The van der Waals surface area contributed by atoms with E-state index < -0.39 is 15.6 Å². The number of piperazine rings is 1. The van der Waals surface area contributed by atoms with Gasteiger partial charge in [0, 0.05) is 26.2 Å². The lowest BCUT2D eigenvalue weighted by Crippen LogP contribution is -2.55. The third kappa shape index (κ3) is 3.44. The SMILES string of the molecule is CC(C)(C#N)N1CCN(S(=O)(=O)c2cc(Cl)c(Br)s2)CC1. The molecular weight excluding hydrogens is 398 g/mol. The van der Waals surface area contributed by atoms with Crippen LogP contribution in [0.5, 0.6) is 0 Å². The molecule has 1 fully saturated rings. The van der Waals surface area contributed by atoms with Crippen LogP contribution in [0.15, 0.2) is 14.1 Å². The smallest absolute Gasteiger partial charge is 0.252 e. The number of hydrogen-bond donors (Lipinski definition) is 0. The van der Waals surface area contributed by atoms with Crippen LogP contribution in [-0.2, 0) is 10.0 Å². The lowest BCUT2D eigenvalue weighted by atomic mass is 10.0. The Morgan fingerprint density at radius 2 is 1.95 bits per heavy atom. The van der Waals surface area contributed by atoms with E-state index in [0.29, 0.717) is 35.0 Å². The van der Waals surface area contributed by atoms with Crippen molar-refractivity contribution in [2.75, 3.05) is 26.2 Å². The number of halogens is 2. The van der Waals surface area contributed by atoms with Crippen molar-refractivity contribution >= 4 is 48.9 Å². The first kappa shape index (κ1) is 17.2. The molecule has 116 valence electrons. The summed E-state index contributed by atoms with van der Waals surface area (Å²) >= 11 is 10.3. The van der Waals surface area contributed by atoms with E-state index in [2.05, 4.69) is 22.0 Å². The quantitative estimate of drug-likeness (QED) is 0.766. The monoisotopic (exact) mass is 411 g/mol. The zero-order valence-electron chi connectivity index (χ0n) is 11.6. The summed E-state index contributed by atoms with van der Waals surface area (Å²) in [6.07, 6.45) is 0. The highest BCUT2D eigenvalue weighted by Crippen LogP contribution is 2.36. The second-order valence-corrected chi connectivity index (χ2v) is 10.2. The molecule has 0 unspecified atom stereocenters. The molecule has 0 bridgehead atoms. The molecular formula is C12H15BrClN3O2S2. The zero-order valence-corrected chi connectivity index (χ0v) is 15.6. The molecule has 1 aromatic heterocycles. The van der Waals surface area contributed by atoms with Crippen molar-refractivity contribution in [1.82, 2.24) is 9.21 Å². The average Bonchev–Trinajstić information content (AvgIpc) is 2.79. The van der Waals surface area contributed by atoms with Gasteiger partial charge in [-0.25, -0.2) is 8.42 Å². The molecule has 2 heterocycles. The minimum Gasteiger partial charge on any atom is -0.283 e. The van der Waals surface area contributed by atoms with Gasteiger partial charge in [0.1, 0.15) is 9.75 Å². The van der Waals surface area contributed by atoms with Crippen molar-refractivity contribution in [1.29, 1.82) is 5.26 Å². The Hall–Kier alpha value is -0.170. The first-order valence-corrected chi connectivity index (χ1v) is 9.72. The second kappa shape index (κ2) is 6.14. The standard InChI is InChI=1S/C12H15BrClN3O2S2/c1-12(2,8-15)16-3-5-17(6-4-16)21(18,19)10-7-9(14)11(13)20-10/h7H,3-6H2,1-2H3. The maximum absolute atomic E-state index is 12.6. The summed E-state index contributed by atoms with van der Waals surface area (Å²) in [7, 11) is -3.51. The van der Waals surface area contributed by atoms with Crippen LogP contribution in [-0.4, -0.2) is 49.3 Å². The minimum atomic E-state index is -3.51. The highest BCUT2D eigenvalue weighted by atomic mass is 79.9. The number of sulfonamides is 1. The van der Waals surface area contributed by atoms with Gasteiger partial charge in [0.05, 0.1) is 14.9 Å². The summed E-state index contributed by atoms with van der Waals surface area (Å²) in [6, 6.07) is 3.71. The van der Waals surface area contributed by atoms with Gasteiger partial charge in [0.2, 0.25) is 0 Å². The molecule has 0 radical (unpaired) electrons. The van der Waals surface area contributed by atoms with Crippen molar-refractivity contribution in [2.45, 2.75) is 23.6 Å². The van der Waals surface area contributed by atoms with Crippen LogP contribution in [0.25, 0.3) is 0 Å². The fourth-order valence-corrected chi connectivity index (χ4v) is 6.12. The molecule has 0 spiro atoms. The average molecular weight is 413 g/mol. The summed E-state index contributed by atoms with van der Waals surface area (Å²) < 4.78 is 27.4. The highest BCUT2D eigenvalue weighted by molar-refractivity contribution is 9.11. The number of nitrogens with zero attached hydrogens (tertiary/aromatic N) is 3. The molecule has 9 heteroatoms. The minimum absolute atomic E-state index is 0.243. The van der Waals surface area contributed by atoms with Crippen LogP contribution < -0.4 is 0 Å². The molecule has 1 saturated heterocycles. The summed E-state index contributed by atoms with van der Waals surface area (Å²) in [5, 5.41) is 9.55. The maximum atomic E-state index is 12.6. The third-order valence-corrected chi connectivity index (χ3v) is 8.34. The molecule has 2 rings (SSSR count). The van der Waals surface area contributed by atoms with Crippen molar-refractivity contribution < 1.29 is 8.42 Å². The second-order valence-electron chi connectivity index (χ2n) is 5.25. The first-order valence-electron chi connectivity index (χ1n) is 6.30. The number of nitriles is 1. The van der Waals surface area contributed by atoms with Crippen molar-refractivity contribution in [3.63, 3.8) is 0 Å². The Morgan fingerprint density at radius 3 is 2.38 bits per heavy atom. The van der Waals surface area contributed by atoms with E-state index in [9.17, 15) is 8.42 Å². The fourth-order valence-electron chi connectivity index (χ4n) is 2.14. The van der Waals surface area contributed by atoms with Gasteiger partial charge in [0.15, 0.2) is 0 Å². The number of rotatable bonds is 3. The highest BCUT2D eigenvalue weighted by Gasteiger charge is 2.35. The van der Waals surface area contributed by atoms with Crippen LogP contribution in [0.4, 0.5) is 0 Å². The molecule has 0 saturated carbocycles. The van der Waals surface area contributed by atoms with Gasteiger partial charge in [-0.05, 0) is 35.8 Å². The number of hydrogen-bond acceptors (Lipinski definition) is 5. The summed E-state index contributed by atoms with van der Waals surface area (Å²) in [6.45, 7) is 5.52. The number of thiophene rings is 1. The Bertz CT molecular complexity index is 654. The van der Waals surface area contributed by atoms with E-state index in [0.717, 1.165) is 11.3 Å². The molecule has 0 atom stereocenters. The van der Waals surface area contributed by atoms with Gasteiger partial charge in [0.25, 0.3) is 10.0 Å². The van der Waals surface area contributed by atoms with Gasteiger partial charge >= 0.3 is 0 Å². The molecule has 1 aliphatic heterocycles. The van der Waals surface area contributed by atoms with Crippen molar-refractivity contribution in [3.05, 3.63) is 14.9 Å². The van der Waals surface area contributed by atoms with E-state index in [1.807, 2.05) is 18.7 Å². The van der Waals surface area contributed by atoms with Gasteiger partial charge in [-0.1, -0.05) is 11.6 Å². The van der Waals surface area contributed by atoms with Crippen LogP contribution in [0, 0.1) is 11.3 Å². The van der Waals surface area contributed by atoms with E-state index in [4.69, 9.17) is 16.9 Å². The van der Waals surface area contributed by atoms with Gasteiger partial charge < -0.3 is 0 Å².